The van der Waals surface area contributed by atoms with Crippen molar-refractivity contribution in [3.63, 3.8) is 0 Å². The number of hydrogen-bond donors (Lipinski definition) is 2. The normalized spacial score (nSPS) is 10.8. The predicted molar refractivity (Wildman–Crippen MR) is 75.0 cm³/mol. The van der Waals surface area contributed by atoms with Gasteiger partial charge in [-0.2, -0.15) is 0 Å². The Morgan fingerprint density at radius 3 is 2.71 bits per heavy atom. The van der Waals surface area contributed by atoms with Crippen molar-refractivity contribution in [3.8, 4) is 0 Å². The summed E-state index contributed by atoms with van der Waals surface area (Å²) in [7, 11) is 0. The van der Waals surface area contributed by atoms with Crippen LogP contribution < -0.4 is 11.1 Å². The first-order valence-corrected chi connectivity index (χ1v) is 5.12. The van der Waals surface area contributed by atoms with Crippen molar-refractivity contribution >= 4 is 36.4 Å². The highest BCUT2D eigenvalue weighted by Gasteiger charge is 2.12. The molecule has 0 spiro atoms. The third-order valence-corrected chi connectivity index (χ3v) is 2.21. The molecule has 0 radical (unpaired) electrons. The van der Waals surface area contributed by atoms with Crippen molar-refractivity contribution in [1.29, 1.82) is 0 Å². The standard InChI is InChI=1S/C11H17N3O.2ClH/c1-3-4-9(12)11(15)14-10-5-6-13-7-8(10)2;;/h5-7,9H,3-4,12H2,1-2H3,(H,13,14,15);2*1H. The summed E-state index contributed by atoms with van der Waals surface area (Å²) >= 11 is 0. The number of nitrogens with one attached hydrogen (secondary N) is 1. The van der Waals surface area contributed by atoms with Crippen LogP contribution in [0, 0.1) is 6.92 Å². The van der Waals surface area contributed by atoms with Crippen LogP contribution in [0.1, 0.15) is 25.3 Å². The fourth-order valence-electron chi connectivity index (χ4n) is 1.28. The van der Waals surface area contributed by atoms with E-state index < -0.39 is 6.04 Å². The number of anilines is 1. The van der Waals surface area contributed by atoms with Gasteiger partial charge in [-0.1, -0.05) is 13.3 Å². The zero-order valence-electron chi connectivity index (χ0n) is 9.97. The lowest BCUT2D eigenvalue weighted by Crippen LogP contribution is -2.35. The summed E-state index contributed by atoms with van der Waals surface area (Å²) in [6.07, 6.45) is 4.97. The number of nitrogens with two attached hydrogens (primary N) is 1. The van der Waals surface area contributed by atoms with Crippen LogP contribution in [0.15, 0.2) is 18.5 Å². The van der Waals surface area contributed by atoms with Gasteiger partial charge in [-0.25, -0.2) is 0 Å². The lowest BCUT2D eigenvalue weighted by Gasteiger charge is -2.12. The molecule has 1 aromatic rings. The number of hydrogen-bond acceptors (Lipinski definition) is 3. The van der Waals surface area contributed by atoms with E-state index >= 15 is 0 Å². The van der Waals surface area contributed by atoms with E-state index in [-0.39, 0.29) is 30.7 Å². The van der Waals surface area contributed by atoms with Crippen LogP contribution in [-0.2, 0) is 4.79 Å². The zero-order chi connectivity index (χ0) is 11.3. The number of rotatable bonds is 4. The first-order valence-electron chi connectivity index (χ1n) is 5.12. The minimum Gasteiger partial charge on any atom is -0.324 e. The van der Waals surface area contributed by atoms with Crippen molar-refractivity contribution in [2.75, 3.05) is 5.32 Å². The van der Waals surface area contributed by atoms with Gasteiger partial charge >= 0.3 is 0 Å². The van der Waals surface area contributed by atoms with Crippen LogP contribution in [0.25, 0.3) is 0 Å². The summed E-state index contributed by atoms with van der Waals surface area (Å²) in [6, 6.07) is 1.34. The maximum absolute atomic E-state index is 11.6. The summed E-state index contributed by atoms with van der Waals surface area (Å²) in [6.45, 7) is 3.90. The summed E-state index contributed by atoms with van der Waals surface area (Å²) in [4.78, 5) is 15.5. The van der Waals surface area contributed by atoms with Crippen LogP contribution in [0.4, 0.5) is 5.69 Å². The highest BCUT2D eigenvalue weighted by Crippen LogP contribution is 2.12. The Bertz CT molecular complexity index is 347. The SMILES string of the molecule is CCCC(N)C(=O)Nc1ccncc1C.Cl.Cl. The molecule has 0 aliphatic heterocycles. The highest BCUT2D eigenvalue weighted by molar-refractivity contribution is 5.95. The summed E-state index contributed by atoms with van der Waals surface area (Å²) in [5.41, 5.74) is 7.42. The van der Waals surface area contributed by atoms with E-state index in [0.717, 1.165) is 17.7 Å². The Morgan fingerprint density at radius 2 is 2.18 bits per heavy atom. The molecule has 3 N–H and O–H groups in total. The average Bonchev–Trinajstić information content (AvgIpc) is 2.21. The number of aromatic nitrogens is 1. The second-order valence-electron chi connectivity index (χ2n) is 3.58. The van der Waals surface area contributed by atoms with Gasteiger partial charge in [-0.05, 0) is 25.0 Å². The molecule has 1 rings (SSSR count). The quantitative estimate of drug-likeness (QED) is 0.889. The van der Waals surface area contributed by atoms with Gasteiger partial charge < -0.3 is 11.1 Å². The van der Waals surface area contributed by atoms with E-state index in [2.05, 4.69) is 10.3 Å². The first kappa shape index (κ1) is 18.5. The molecule has 1 aromatic heterocycles. The Morgan fingerprint density at radius 1 is 1.53 bits per heavy atom. The lowest BCUT2D eigenvalue weighted by atomic mass is 10.1. The average molecular weight is 280 g/mol. The van der Waals surface area contributed by atoms with E-state index in [0.29, 0.717) is 6.42 Å². The van der Waals surface area contributed by atoms with Gasteiger partial charge in [0.15, 0.2) is 0 Å². The van der Waals surface area contributed by atoms with Crippen LogP contribution >= 0.6 is 24.8 Å². The van der Waals surface area contributed by atoms with Crippen LogP contribution in [-0.4, -0.2) is 16.9 Å². The number of amides is 1. The summed E-state index contributed by atoms with van der Waals surface area (Å²) < 4.78 is 0. The van der Waals surface area contributed by atoms with Crippen LogP contribution in [0.3, 0.4) is 0 Å². The van der Waals surface area contributed by atoms with Gasteiger partial charge in [0.25, 0.3) is 0 Å². The molecule has 0 fully saturated rings. The second kappa shape index (κ2) is 9.22. The molecule has 1 heterocycles. The molecule has 98 valence electrons. The first-order chi connectivity index (χ1) is 7.15. The fourth-order valence-corrected chi connectivity index (χ4v) is 1.28. The van der Waals surface area contributed by atoms with E-state index in [9.17, 15) is 4.79 Å². The van der Waals surface area contributed by atoms with Crippen LogP contribution in [0.2, 0.25) is 0 Å². The van der Waals surface area contributed by atoms with E-state index in [1.54, 1.807) is 18.5 Å². The molecule has 1 atom stereocenters. The van der Waals surface area contributed by atoms with Crippen molar-refractivity contribution in [1.82, 2.24) is 4.98 Å². The Labute approximate surface area is 114 Å². The molecule has 6 heteroatoms. The number of nitrogens with zero attached hydrogens (tertiary/aromatic N) is 1. The predicted octanol–water partition coefficient (Wildman–Crippen LogP) is 2.30. The smallest absolute Gasteiger partial charge is 0.241 e. The third kappa shape index (κ3) is 5.86. The van der Waals surface area contributed by atoms with Crippen LogP contribution in [0.5, 0.6) is 0 Å². The largest absolute Gasteiger partial charge is 0.324 e. The maximum atomic E-state index is 11.6. The Kier molecular flexibility index (Phi) is 10.0. The minimum absolute atomic E-state index is 0. The minimum atomic E-state index is -0.428. The summed E-state index contributed by atoms with van der Waals surface area (Å²) in [5, 5.41) is 2.79. The van der Waals surface area contributed by atoms with E-state index in [1.807, 2.05) is 13.8 Å². The number of aryl methyl sites for hydroxylation is 1. The van der Waals surface area contributed by atoms with Gasteiger partial charge in [0.2, 0.25) is 5.91 Å². The van der Waals surface area contributed by atoms with Gasteiger partial charge in [-0.15, -0.1) is 24.8 Å². The van der Waals surface area contributed by atoms with Crippen molar-refractivity contribution in [2.24, 2.45) is 5.73 Å². The molecule has 0 aliphatic carbocycles. The van der Waals surface area contributed by atoms with Crippen molar-refractivity contribution in [3.05, 3.63) is 24.0 Å². The zero-order valence-corrected chi connectivity index (χ0v) is 11.6. The van der Waals surface area contributed by atoms with Crippen molar-refractivity contribution < 1.29 is 4.79 Å². The molecule has 17 heavy (non-hydrogen) atoms. The van der Waals surface area contributed by atoms with Gasteiger partial charge in [-0.3, -0.25) is 9.78 Å². The summed E-state index contributed by atoms with van der Waals surface area (Å²) in [5.74, 6) is -0.133. The molecular formula is C11H19Cl2N3O. The van der Waals surface area contributed by atoms with Gasteiger partial charge in [0, 0.05) is 18.1 Å². The molecule has 0 bridgehead atoms. The monoisotopic (exact) mass is 279 g/mol. The van der Waals surface area contributed by atoms with Gasteiger partial charge in [0.05, 0.1) is 6.04 Å². The number of pyridine rings is 1. The maximum Gasteiger partial charge on any atom is 0.241 e. The topological polar surface area (TPSA) is 68.0 Å². The van der Waals surface area contributed by atoms with E-state index in [4.69, 9.17) is 5.73 Å². The second-order valence-corrected chi connectivity index (χ2v) is 3.58. The highest BCUT2D eigenvalue weighted by atomic mass is 35.5. The molecule has 0 aliphatic rings. The molecule has 4 nitrogen and oxygen atoms in total. The molecule has 0 saturated heterocycles. The number of halogens is 2. The Hall–Kier alpha value is -0.840. The van der Waals surface area contributed by atoms with Gasteiger partial charge in [0.1, 0.15) is 0 Å². The molecular weight excluding hydrogens is 261 g/mol. The third-order valence-electron chi connectivity index (χ3n) is 2.21. The lowest BCUT2D eigenvalue weighted by molar-refractivity contribution is -0.117. The molecule has 0 aromatic carbocycles. The van der Waals surface area contributed by atoms with E-state index in [1.165, 1.54) is 0 Å². The Balaban J connectivity index is 0. The molecule has 1 unspecified atom stereocenters. The molecule has 1 amide bonds. The number of carbonyl (C=O) groups is 1. The fraction of sp³-hybridized carbons (Fsp3) is 0.455. The van der Waals surface area contributed by atoms with Crippen molar-refractivity contribution in [2.45, 2.75) is 32.7 Å². The molecule has 0 saturated carbocycles. The number of carbonyl (C=O) groups excluding carboxylic acids is 1.